The largest absolute Gasteiger partial charge is 0.309 e. The third-order valence-corrected chi connectivity index (χ3v) is 6.37. The molecule has 0 amide bonds. The van der Waals surface area contributed by atoms with Gasteiger partial charge in [-0.2, -0.15) is 10.5 Å². The molecule has 4 nitrogen and oxygen atoms in total. The van der Waals surface area contributed by atoms with E-state index in [4.69, 9.17) is 0 Å². The van der Waals surface area contributed by atoms with Gasteiger partial charge in [-0.15, -0.1) is 0 Å². The minimum Gasteiger partial charge on any atom is -0.309 e. The summed E-state index contributed by atoms with van der Waals surface area (Å²) in [5.74, 6) is 0. The predicted octanol–water partition coefficient (Wildman–Crippen LogP) is 7.26. The number of rotatable bonds is 3. The van der Waals surface area contributed by atoms with E-state index in [2.05, 4.69) is 58.1 Å². The van der Waals surface area contributed by atoms with Gasteiger partial charge in [-0.3, -0.25) is 4.98 Å². The summed E-state index contributed by atoms with van der Waals surface area (Å²) >= 11 is 0. The minimum absolute atomic E-state index is 0.550. The summed E-state index contributed by atoms with van der Waals surface area (Å²) in [6.07, 6.45) is 3.31. The van der Waals surface area contributed by atoms with Crippen molar-refractivity contribution in [3.05, 3.63) is 121 Å². The van der Waals surface area contributed by atoms with Crippen molar-refractivity contribution in [3.8, 4) is 40.1 Å². The molecule has 0 atom stereocenters. The molecule has 4 aromatic carbocycles. The zero-order chi connectivity index (χ0) is 23.8. The molecule has 0 fully saturated rings. The van der Waals surface area contributed by atoms with E-state index < -0.39 is 0 Å². The Balaban J connectivity index is 1.61. The van der Waals surface area contributed by atoms with Gasteiger partial charge in [0.15, 0.2) is 0 Å². The first-order valence-electron chi connectivity index (χ1n) is 11.3. The fourth-order valence-electron chi connectivity index (χ4n) is 4.80. The fraction of sp³-hybridized carbons (Fsp3) is 0. The second-order valence-corrected chi connectivity index (χ2v) is 8.33. The van der Waals surface area contributed by atoms with Gasteiger partial charge in [0.25, 0.3) is 0 Å². The lowest BCUT2D eigenvalue weighted by atomic mass is 9.96. The van der Waals surface area contributed by atoms with Crippen molar-refractivity contribution < 1.29 is 0 Å². The molecule has 0 aliphatic rings. The summed E-state index contributed by atoms with van der Waals surface area (Å²) in [6.45, 7) is 0. The number of hydrogen-bond donors (Lipinski definition) is 0. The average molecular weight is 447 g/mol. The lowest BCUT2D eigenvalue weighted by Gasteiger charge is -2.15. The van der Waals surface area contributed by atoms with E-state index in [1.807, 2.05) is 60.7 Å². The van der Waals surface area contributed by atoms with E-state index in [0.29, 0.717) is 11.1 Å². The number of nitrogens with zero attached hydrogens (tertiary/aromatic N) is 4. The van der Waals surface area contributed by atoms with Crippen LogP contribution < -0.4 is 0 Å². The van der Waals surface area contributed by atoms with Crippen LogP contribution >= 0.6 is 0 Å². The van der Waals surface area contributed by atoms with Gasteiger partial charge >= 0.3 is 0 Å². The molecule has 6 aromatic rings. The number of fused-ring (bicyclic) bond motifs is 3. The number of nitriles is 2. The van der Waals surface area contributed by atoms with Crippen molar-refractivity contribution >= 4 is 21.8 Å². The molecule has 2 aromatic heterocycles. The highest BCUT2D eigenvalue weighted by atomic mass is 15.0. The molecule has 0 saturated carbocycles. The second kappa shape index (κ2) is 8.30. The molecule has 0 aliphatic heterocycles. The smallest absolute Gasteiger partial charge is 0.101 e. The van der Waals surface area contributed by atoms with Gasteiger partial charge in [-0.1, -0.05) is 54.6 Å². The van der Waals surface area contributed by atoms with Crippen molar-refractivity contribution in [1.82, 2.24) is 9.55 Å². The molecule has 0 radical (unpaired) electrons. The summed E-state index contributed by atoms with van der Waals surface area (Å²) in [6, 6.07) is 37.1. The molecule has 0 unspecified atom stereocenters. The van der Waals surface area contributed by atoms with Crippen LogP contribution in [0.1, 0.15) is 11.1 Å². The van der Waals surface area contributed by atoms with Crippen molar-refractivity contribution in [2.24, 2.45) is 0 Å². The van der Waals surface area contributed by atoms with Gasteiger partial charge in [-0.05, 0) is 53.6 Å². The Morgan fingerprint density at radius 1 is 0.629 bits per heavy atom. The number of aromatic nitrogens is 2. The Morgan fingerprint density at radius 2 is 1.40 bits per heavy atom. The molecule has 2 heterocycles. The number of pyridine rings is 1. The molecule has 0 spiro atoms. The van der Waals surface area contributed by atoms with Crippen molar-refractivity contribution in [2.45, 2.75) is 0 Å². The Bertz CT molecular complexity index is 1830. The predicted molar refractivity (Wildman–Crippen MR) is 139 cm³/mol. The first-order chi connectivity index (χ1) is 17.3. The van der Waals surface area contributed by atoms with E-state index in [9.17, 15) is 10.5 Å². The third-order valence-electron chi connectivity index (χ3n) is 6.37. The average Bonchev–Trinajstić information content (AvgIpc) is 3.26. The van der Waals surface area contributed by atoms with Gasteiger partial charge in [0.2, 0.25) is 0 Å². The molecule has 35 heavy (non-hydrogen) atoms. The maximum absolute atomic E-state index is 9.56. The van der Waals surface area contributed by atoms with Crippen LogP contribution in [-0.2, 0) is 0 Å². The first kappa shape index (κ1) is 20.4. The van der Waals surface area contributed by atoms with Crippen LogP contribution in [0.3, 0.4) is 0 Å². The third kappa shape index (κ3) is 3.33. The Morgan fingerprint density at radius 3 is 2.26 bits per heavy atom. The van der Waals surface area contributed by atoms with E-state index >= 15 is 0 Å². The quantitative estimate of drug-likeness (QED) is 0.287. The van der Waals surface area contributed by atoms with Crippen molar-refractivity contribution in [3.63, 3.8) is 0 Å². The SMILES string of the molecule is N#Cc1ccc2c(c1)c1ccccc1n2-c1ccccc1-c1cccc(-c2ccncc2C#N)c1. The van der Waals surface area contributed by atoms with Crippen LogP contribution in [0.2, 0.25) is 0 Å². The summed E-state index contributed by atoms with van der Waals surface area (Å²) < 4.78 is 2.26. The molecule has 0 aliphatic carbocycles. The van der Waals surface area contributed by atoms with E-state index in [0.717, 1.165) is 49.7 Å². The molecular weight excluding hydrogens is 428 g/mol. The van der Waals surface area contributed by atoms with Crippen LogP contribution in [0.15, 0.2) is 109 Å². The standard InChI is InChI=1S/C31H18N4/c32-18-21-12-13-31-28(16-21)27-9-2-4-11-30(27)35(31)29-10-3-1-8-26(29)23-7-5-6-22(17-23)25-14-15-34-20-24(25)19-33/h1-17,20H. The summed E-state index contributed by atoms with van der Waals surface area (Å²) in [5, 5.41) is 21.2. The molecule has 162 valence electrons. The number of para-hydroxylation sites is 2. The molecule has 0 bridgehead atoms. The highest BCUT2D eigenvalue weighted by molar-refractivity contribution is 6.10. The van der Waals surface area contributed by atoms with Crippen LogP contribution in [-0.4, -0.2) is 9.55 Å². The van der Waals surface area contributed by atoms with Gasteiger partial charge in [0, 0.05) is 34.3 Å². The van der Waals surface area contributed by atoms with Crippen LogP contribution in [0.5, 0.6) is 0 Å². The van der Waals surface area contributed by atoms with Gasteiger partial charge < -0.3 is 4.57 Å². The van der Waals surface area contributed by atoms with Gasteiger partial charge in [-0.25, -0.2) is 0 Å². The number of hydrogen-bond acceptors (Lipinski definition) is 3. The Labute approximate surface area is 202 Å². The summed E-state index contributed by atoms with van der Waals surface area (Å²) in [4.78, 5) is 4.09. The Hall–Kier alpha value is -5.19. The zero-order valence-electron chi connectivity index (χ0n) is 18.7. The van der Waals surface area contributed by atoms with Crippen molar-refractivity contribution in [2.75, 3.05) is 0 Å². The summed E-state index contributed by atoms with van der Waals surface area (Å²) in [7, 11) is 0. The van der Waals surface area contributed by atoms with Crippen molar-refractivity contribution in [1.29, 1.82) is 10.5 Å². The molecule has 0 saturated heterocycles. The van der Waals surface area contributed by atoms with Crippen LogP contribution in [0.25, 0.3) is 49.7 Å². The molecule has 4 heteroatoms. The maximum atomic E-state index is 9.56. The number of benzene rings is 4. The van der Waals surface area contributed by atoms with Gasteiger partial charge in [0.05, 0.1) is 33.9 Å². The lowest BCUT2D eigenvalue weighted by molar-refractivity contribution is 1.18. The minimum atomic E-state index is 0.550. The van der Waals surface area contributed by atoms with E-state index in [-0.39, 0.29) is 0 Å². The van der Waals surface area contributed by atoms with Crippen LogP contribution in [0, 0.1) is 22.7 Å². The molecule has 6 rings (SSSR count). The monoisotopic (exact) mass is 446 g/mol. The second-order valence-electron chi connectivity index (χ2n) is 8.33. The zero-order valence-corrected chi connectivity index (χ0v) is 18.7. The topological polar surface area (TPSA) is 65.4 Å². The highest BCUT2D eigenvalue weighted by Crippen LogP contribution is 2.37. The first-order valence-corrected chi connectivity index (χ1v) is 11.3. The normalized spacial score (nSPS) is 10.8. The molecular formula is C31H18N4. The summed E-state index contributed by atoms with van der Waals surface area (Å²) in [5.41, 5.74) is 8.35. The molecule has 0 N–H and O–H groups in total. The van der Waals surface area contributed by atoms with Crippen LogP contribution in [0.4, 0.5) is 0 Å². The van der Waals surface area contributed by atoms with E-state index in [1.54, 1.807) is 12.4 Å². The Kier molecular flexibility index (Phi) is 4.84. The van der Waals surface area contributed by atoms with Gasteiger partial charge in [0.1, 0.15) is 6.07 Å². The highest BCUT2D eigenvalue weighted by Gasteiger charge is 2.16. The maximum Gasteiger partial charge on any atom is 0.101 e. The fourth-order valence-corrected chi connectivity index (χ4v) is 4.80. The van der Waals surface area contributed by atoms with E-state index in [1.165, 1.54) is 0 Å². The lowest BCUT2D eigenvalue weighted by Crippen LogP contribution is -1.97.